The number of hydrogen-bond acceptors (Lipinski definition) is 3. The minimum Gasteiger partial charge on any atom is -0.444 e. The number of carbonyl (C=O) groups is 1. The van der Waals surface area contributed by atoms with Crippen LogP contribution in [0.4, 0.5) is 4.79 Å². The molecule has 1 aromatic carbocycles. The molecule has 0 saturated carbocycles. The maximum atomic E-state index is 12.2. The van der Waals surface area contributed by atoms with Gasteiger partial charge in [0.25, 0.3) is 0 Å². The Morgan fingerprint density at radius 3 is 2.65 bits per heavy atom. The molecule has 1 heterocycles. The summed E-state index contributed by atoms with van der Waals surface area (Å²) in [5, 5.41) is 0. The molecule has 1 aliphatic rings. The number of likely N-dealkylation sites (tertiary alicyclic amines) is 1. The highest BCUT2D eigenvalue weighted by atomic mass is 16.6. The van der Waals surface area contributed by atoms with Gasteiger partial charge in [-0.15, -0.1) is 0 Å². The Balaban J connectivity index is 1.84. The molecule has 1 saturated heterocycles. The van der Waals surface area contributed by atoms with E-state index in [4.69, 9.17) is 4.74 Å². The second-order valence-corrected chi connectivity index (χ2v) is 7.44. The highest BCUT2D eigenvalue weighted by Crippen LogP contribution is 2.18. The molecule has 0 N–H and O–H groups in total. The van der Waals surface area contributed by atoms with Crippen molar-refractivity contribution in [3.8, 4) is 0 Å². The summed E-state index contributed by atoms with van der Waals surface area (Å²) in [4.78, 5) is 16.5. The summed E-state index contributed by atoms with van der Waals surface area (Å²) in [5.74, 6) is 0. The fourth-order valence-corrected chi connectivity index (χ4v) is 2.94. The number of nitrogens with zero attached hydrogens (tertiary/aromatic N) is 2. The molecular formula is C19H30N2O2. The maximum Gasteiger partial charge on any atom is 0.410 e. The lowest BCUT2D eigenvalue weighted by molar-refractivity contribution is 0.0126. The van der Waals surface area contributed by atoms with E-state index in [0.29, 0.717) is 6.04 Å². The summed E-state index contributed by atoms with van der Waals surface area (Å²) in [7, 11) is 2.16. The van der Waals surface area contributed by atoms with E-state index >= 15 is 0 Å². The second-order valence-electron chi connectivity index (χ2n) is 7.44. The van der Waals surface area contributed by atoms with Crippen LogP contribution in [-0.4, -0.2) is 54.2 Å². The van der Waals surface area contributed by atoms with Crippen LogP contribution in [0.1, 0.15) is 39.2 Å². The number of benzene rings is 1. The summed E-state index contributed by atoms with van der Waals surface area (Å²) in [6.45, 7) is 8.32. The number of ether oxygens (including phenoxy) is 1. The van der Waals surface area contributed by atoms with Crippen LogP contribution in [0.3, 0.4) is 0 Å². The Morgan fingerprint density at radius 2 is 2.00 bits per heavy atom. The van der Waals surface area contributed by atoms with Gasteiger partial charge >= 0.3 is 6.09 Å². The van der Waals surface area contributed by atoms with Gasteiger partial charge in [0.2, 0.25) is 0 Å². The van der Waals surface area contributed by atoms with E-state index in [1.54, 1.807) is 0 Å². The van der Waals surface area contributed by atoms with Crippen LogP contribution in [-0.2, 0) is 11.2 Å². The van der Waals surface area contributed by atoms with E-state index in [1.165, 1.54) is 5.56 Å². The third-order valence-electron chi connectivity index (χ3n) is 4.27. The number of hydrogen-bond donors (Lipinski definition) is 0. The van der Waals surface area contributed by atoms with Crippen LogP contribution >= 0.6 is 0 Å². The Hall–Kier alpha value is -1.55. The Morgan fingerprint density at radius 1 is 1.30 bits per heavy atom. The first kappa shape index (κ1) is 17.8. The molecular weight excluding hydrogens is 288 g/mol. The van der Waals surface area contributed by atoms with Gasteiger partial charge in [-0.25, -0.2) is 4.79 Å². The molecule has 4 heteroatoms. The van der Waals surface area contributed by atoms with Gasteiger partial charge in [0.1, 0.15) is 5.60 Å². The predicted molar refractivity (Wildman–Crippen MR) is 93.6 cm³/mol. The van der Waals surface area contributed by atoms with Crippen LogP contribution in [0.15, 0.2) is 30.3 Å². The molecule has 0 aliphatic carbocycles. The third kappa shape index (κ3) is 5.87. The molecule has 23 heavy (non-hydrogen) atoms. The van der Waals surface area contributed by atoms with Crippen molar-refractivity contribution in [2.24, 2.45) is 0 Å². The monoisotopic (exact) mass is 318 g/mol. The summed E-state index contributed by atoms with van der Waals surface area (Å²) >= 11 is 0. The van der Waals surface area contributed by atoms with Crippen molar-refractivity contribution in [2.75, 3.05) is 26.7 Å². The van der Waals surface area contributed by atoms with E-state index in [9.17, 15) is 4.79 Å². The standard InChI is InChI=1S/C19H30N2O2/c1-19(2,3)23-18(22)21-13-8-11-17(15-21)20(4)14-12-16-9-6-5-7-10-16/h5-7,9-10,17H,8,11-15H2,1-4H3. The molecule has 128 valence electrons. The number of amides is 1. The van der Waals surface area contributed by atoms with Gasteiger partial charge < -0.3 is 14.5 Å². The van der Waals surface area contributed by atoms with Crippen molar-refractivity contribution in [3.05, 3.63) is 35.9 Å². The third-order valence-corrected chi connectivity index (χ3v) is 4.27. The van der Waals surface area contributed by atoms with Gasteiger partial charge in [-0.05, 0) is 52.6 Å². The molecule has 0 bridgehead atoms. The zero-order chi connectivity index (χ0) is 16.9. The summed E-state index contributed by atoms with van der Waals surface area (Å²) in [6, 6.07) is 11.0. The Labute approximate surface area is 140 Å². The van der Waals surface area contributed by atoms with E-state index in [-0.39, 0.29) is 6.09 Å². The quantitative estimate of drug-likeness (QED) is 0.851. The van der Waals surface area contributed by atoms with Crippen molar-refractivity contribution < 1.29 is 9.53 Å². The lowest BCUT2D eigenvalue weighted by atomic mass is 10.0. The molecule has 1 fully saturated rings. The molecule has 1 aromatic rings. The predicted octanol–water partition coefficient (Wildman–Crippen LogP) is 3.56. The molecule has 0 spiro atoms. The van der Waals surface area contributed by atoms with Gasteiger partial charge in [0.05, 0.1) is 0 Å². The average Bonchev–Trinajstić information content (AvgIpc) is 2.52. The second kappa shape index (κ2) is 7.82. The number of likely N-dealkylation sites (N-methyl/N-ethyl adjacent to an activating group) is 1. The van der Waals surface area contributed by atoms with Gasteiger partial charge in [-0.3, -0.25) is 0 Å². The van der Waals surface area contributed by atoms with Crippen LogP contribution in [0, 0.1) is 0 Å². The highest BCUT2D eigenvalue weighted by molar-refractivity contribution is 5.68. The maximum absolute atomic E-state index is 12.2. The minimum atomic E-state index is -0.427. The highest BCUT2D eigenvalue weighted by Gasteiger charge is 2.29. The fraction of sp³-hybridized carbons (Fsp3) is 0.632. The summed E-state index contributed by atoms with van der Waals surface area (Å²) < 4.78 is 5.50. The fourth-order valence-electron chi connectivity index (χ4n) is 2.94. The number of piperidine rings is 1. The average molecular weight is 318 g/mol. The molecule has 1 amide bonds. The smallest absolute Gasteiger partial charge is 0.410 e. The van der Waals surface area contributed by atoms with Crippen LogP contribution in [0.25, 0.3) is 0 Å². The molecule has 0 aromatic heterocycles. The van der Waals surface area contributed by atoms with Crippen molar-refractivity contribution in [1.82, 2.24) is 9.80 Å². The van der Waals surface area contributed by atoms with Crippen molar-refractivity contribution in [3.63, 3.8) is 0 Å². The lowest BCUT2D eigenvalue weighted by Crippen LogP contribution is -2.50. The molecule has 0 radical (unpaired) electrons. The van der Waals surface area contributed by atoms with Gasteiger partial charge in [-0.2, -0.15) is 0 Å². The van der Waals surface area contributed by atoms with Crippen LogP contribution in [0.2, 0.25) is 0 Å². The van der Waals surface area contributed by atoms with E-state index < -0.39 is 5.60 Å². The number of rotatable bonds is 4. The normalized spacial score (nSPS) is 19.0. The van der Waals surface area contributed by atoms with E-state index in [2.05, 4.69) is 36.2 Å². The van der Waals surface area contributed by atoms with E-state index in [1.807, 2.05) is 31.7 Å². The Bertz CT molecular complexity index is 496. The molecule has 4 nitrogen and oxygen atoms in total. The zero-order valence-corrected chi connectivity index (χ0v) is 14.9. The summed E-state index contributed by atoms with van der Waals surface area (Å²) in [6.07, 6.45) is 3.04. The minimum absolute atomic E-state index is 0.182. The SMILES string of the molecule is CN(CCc1ccccc1)C1CCCN(C(=O)OC(C)(C)C)C1. The first-order valence-electron chi connectivity index (χ1n) is 8.57. The van der Waals surface area contributed by atoms with Crippen molar-refractivity contribution >= 4 is 6.09 Å². The molecule has 2 rings (SSSR count). The van der Waals surface area contributed by atoms with Gasteiger partial charge in [-0.1, -0.05) is 30.3 Å². The lowest BCUT2D eigenvalue weighted by Gasteiger charge is -2.38. The zero-order valence-electron chi connectivity index (χ0n) is 14.9. The van der Waals surface area contributed by atoms with Gasteiger partial charge in [0, 0.05) is 25.7 Å². The molecule has 1 aliphatic heterocycles. The first-order chi connectivity index (χ1) is 10.8. The molecule has 1 unspecified atom stereocenters. The van der Waals surface area contributed by atoms with E-state index in [0.717, 1.165) is 38.9 Å². The van der Waals surface area contributed by atoms with Gasteiger partial charge in [0.15, 0.2) is 0 Å². The topological polar surface area (TPSA) is 32.8 Å². The Kier molecular flexibility index (Phi) is 6.05. The summed E-state index contributed by atoms with van der Waals surface area (Å²) in [5.41, 5.74) is 0.933. The van der Waals surface area contributed by atoms with Crippen molar-refractivity contribution in [2.45, 2.75) is 51.7 Å². The first-order valence-corrected chi connectivity index (χ1v) is 8.57. The largest absolute Gasteiger partial charge is 0.444 e. The van der Waals surface area contributed by atoms with Crippen molar-refractivity contribution in [1.29, 1.82) is 0 Å². The number of carbonyl (C=O) groups excluding carboxylic acids is 1. The molecule has 1 atom stereocenters. The van der Waals surface area contributed by atoms with Crippen LogP contribution < -0.4 is 0 Å². The van der Waals surface area contributed by atoms with Crippen LogP contribution in [0.5, 0.6) is 0 Å².